The van der Waals surface area contributed by atoms with E-state index in [0.717, 1.165) is 13.1 Å². The van der Waals surface area contributed by atoms with Gasteiger partial charge in [-0.05, 0) is 43.5 Å². The van der Waals surface area contributed by atoms with Gasteiger partial charge in [0, 0.05) is 29.8 Å². The number of hydrogen-bond donors (Lipinski definition) is 1. The van der Waals surface area contributed by atoms with Gasteiger partial charge in [-0.3, -0.25) is 0 Å². The van der Waals surface area contributed by atoms with E-state index in [1.807, 2.05) is 0 Å². The lowest BCUT2D eigenvalue weighted by Gasteiger charge is -2.27. The van der Waals surface area contributed by atoms with E-state index in [1.165, 1.54) is 28.6 Å². The summed E-state index contributed by atoms with van der Waals surface area (Å²) in [5.41, 5.74) is 2.61. The second-order valence-corrected chi connectivity index (χ2v) is 6.90. The maximum absolute atomic E-state index is 3.70. The maximum atomic E-state index is 3.70. The molecule has 1 unspecified atom stereocenters. The fraction of sp³-hybridized carbons (Fsp3) is 0.647. The average Bonchev–Trinajstić information content (AvgIpc) is 2.39. The van der Waals surface area contributed by atoms with Crippen LogP contribution in [0.15, 0.2) is 22.7 Å². The van der Waals surface area contributed by atoms with Crippen LogP contribution in [0.1, 0.15) is 46.1 Å². The van der Waals surface area contributed by atoms with Gasteiger partial charge in [0.05, 0.1) is 0 Å². The van der Waals surface area contributed by atoms with E-state index in [0.29, 0.717) is 12.0 Å². The highest BCUT2D eigenvalue weighted by Gasteiger charge is 2.10. The van der Waals surface area contributed by atoms with Gasteiger partial charge in [-0.25, -0.2) is 0 Å². The third-order valence-electron chi connectivity index (χ3n) is 3.68. The monoisotopic (exact) mass is 340 g/mol. The van der Waals surface area contributed by atoms with Gasteiger partial charge >= 0.3 is 0 Å². The average molecular weight is 341 g/mol. The SMILES string of the molecule is CCCC(C)N(C)c1ccc(CNCC(C)C)c(Br)c1. The molecule has 1 N–H and O–H groups in total. The van der Waals surface area contributed by atoms with Gasteiger partial charge in [0.15, 0.2) is 0 Å². The van der Waals surface area contributed by atoms with Crippen molar-refractivity contribution in [1.82, 2.24) is 5.32 Å². The molecule has 0 spiro atoms. The molecule has 0 aromatic heterocycles. The first-order chi connectivity index (χ1) is 9.45. The molecule has 0 heterocycles. The molecule has 0 saturated carbocycles. The minimum absolute atomic E-state index is 0.580. The quantitative estimate of drug-likeness (QED) is 0.729. The smallest absolute Gasteiger partial charge is 0.0377 e. The van der Waals surface area contributed by atoms with Crippen molar-refractivity contribution < 1.29 is 0 Å². The Morgan fingerprint density at radius 1 is 1.25 bits per heavy atom. The zero-order valence-electron chi connectivity index (χ0n) is 13.5. The van der Waals surface area contributed by atoms with Gasteiger partial charge in [-0.15, -0.1) is 0 Å². The van der Waals surface area contributed by atoms with Crippen molar-refractivity contribution in [3.63, 3.8) is 0 Å². The molecular weight excluding hydrogens is 312 g/mol. The standard InChI is InChI=1S/C17H29BrN2/c1-6-7-14(4)20(5)16-9-8-15(17(18)10-16)12-19-11-13(2)3/h8-10,13-14,19H,6-7,11-12H2,1-5H3. The zero-order valence-corrected chi connectivity index (χ0v) is 15.1. The molecule has 0 aliphatic rings. The molecule has 1 atom stereocenters. The third kappa shape index (κ3) is 5.45. The lowest BCUT2D eigenvalue weighted by molar-refractivity contribution is 0.551. The van der Waals surface area contributed by atoms with Crippen molar-refractivity contribution in [2.75, 3.05) is 18.5 Å². The third-order valence-corrected chi connectivity index (χ3v) is 4.42. The van der Waals surface area contributed by atoms with Gasteiger partial charge in [-0.2, -0.15) is 0 Å². The van der Waals surface area contributed by atoms with Crippen molar-refractivity contribution in [3.05, 3.63) is 28.2 Å². The van der Waals surface area contributed by atoms with E-state index >= 15 is 0 Å². The van der Waals surface area contributed by atoms with Crippen LogP contribution in [-0.4, -0.2) is 19.6 Å². The molecule has 0 fully saturated rings. The summed E-state index contributed by atoms with van der Waals surface area (Å²) in [5, 5.41) is 3.49. The minimum Gasteiger partial charge on any atom is -0.372 e. The Morgan fingerprint density at radius 3 is 2.50 bits per heavy atom. The van der Waals surface area contributed by atoms with Crippen LogP contribution in [0.25, 0.3) is 0 Å². The molecule has 0 saturated heterocycles. The largest absolute Gasteiger partial charge is 0.372 e. The molecule has 2 nitrogen and oxygen atoms in total. The van der Waals surface area contributed by atoms with Gasteiger partial charge in [-0.1, -0.05) is 49.2 Å². The molecule has 1 aromatic rings. The van der Waals surface area contributed by atoms with Gasteiger partial charge in [0.2, 0.25) is 0 Å². The molecule has 0 aliphatic heterocycles. The van der Waals surface area contributed by atoms with Crippen LogP contribution in [0, 0.1) is 5.92 Å². The van der Waals surface area contributed by atoms with Gasteiger partial charge in [0.1, 0.15) is 0 Å². The second kappa shape index (κ2) is 8.68. The molecule has 114 valence electrons. The summed E-state index contributed by atoms with van der Waals surface area (Å²) in [6.45, 7) is 11.0. The lowest BCUT2D eigenvalue weighted by Crippen LogP contribution is -2.28. The highest BCUT2D eigenvalue weighted by molar-refractivity contribution is 9.10. The summed E-state index contributed by atoms with van der Waals surface area (Å²) >= 11 is 3.70. The Labute approximate surface area is 133 Å². The Bertz CT molecular complexity index is 404. The molecule has 0 bridgehead atoms. The predicted octanol–water partition coefficient (Wildman–Crippen LogP) is 4.82. The number of benzene rings is 1. The van der Waals surface area contributed by atoms with E-state index in [9.17, 15) is 0 Å². The van der Waals surface area contributed by atoms with E-state index < -0.39 is 0 Å². The van der Waals surface area contributed by atoms with Crippen LogP contribution < -0.4 is 10.2 Å². The lowest BCUT2D eigenvalue weighted by atomic mass is 10.1. The summed E-state index contributed by atoms with van der Waals surface area (Å²) in [4.78, 5) is 2.36. The number of hydrogen-bond acceptors (Lipinski definition) is 2. The summed E-state index contributed by atoms with van der Waals surface area (Å²) in [5.74, 6) is 0.689. The van der Waals surface area contributed by atoms with Crippen LogP contribution in [0.5, 0.6) is 0 Å². The molecule has 0 radical (unpaired) electrons. The Hall–Kier alpha value is -0.540. The van der Waals surface area contributed by atoms with Crippen molar-refractivity contribution in [1.29, 1.82) is 0 Å². The van der Waals surface area contributed by atoms with Crippen molar-refractivity contribution in [2.24, 2.45) is 5.92 Å². The van der Waals surface area contributed by atoms with Crippen LogP contribution in [0.3, 0.4) is 0 Å². The number of nitrogens with one attached hydrogen (secondary N) is 1. The van der Waals surface area contributed by atoms with E-state index in [4.69, 9.17) is 0 Å². The van der Waals surface area contributed by atoms with Gasteiger partial charge in [0.25, 0.3) is 0 Å². The summed E-state index contributed by atoms with van der Waals surface area (Å²) in [6.07, 6.45) is 2.45. The second-order valence-electron chi connectivity index (χ2n) is 6.05. The van der Waals surface area contributed by atoms with Crippen LogP contribution >= 0.6 is 15.9 Å². The first kappa shape index (κ1) is 17.5. The molecule has 1 rings (SSSR count). The van der Waals surface area contributed by atoms with E-state index in [1.54, 1.807) is 0 Å². The highest BCUT2D eigenvalue weighted by atomic mass is 79.9. The summed E-state index contributed by atoms with van der Waals surface area (Å²) in [7, 11) is 2.18. The van der Waals surface area contributed by atoms with Crippen LogP contribution in [0.4, 0.5) is 5.69 Å². The van der Waals surface area contributed by atoms with Crippen LogP contribution in [-0.2, 0) is 6.54 Å². The zero-order chi connectivity index (χ0) is 15.1. The fourth-order valence-electron chi connectivity index (χ4n) is 2.26. The molecule has 0 aliphatic carbocycles. The molecular formula is C17H29BrN2. The van der Waals surface area contributed by atoms with Crippen molar-refractivity contribution in [3.8, 4) is 0 Å². The predicted molar refractivity (Wildman–Crippen MR) is 93.5 cm³/mol. The number of rotatable bonds is 8. The highest BCUT2D eigenvalue weighted by Crippen LogP contribution is 2.25. The van der Waals surface area contributed by atoms with E-state index in [2.05, 4.69) is 79.1 Å². The normalized spacial score (nSPS) is 12.8. The summed E-state index contributed by atoms with van der Waals surface area (Å²) in [6, 6.07) is 7.26. The maximum Gasteiger partial charge on any atom is 0.0377 e. The molecule has 1 aromatic carbocycles. The van der Waals surface area contributed by atoms with Crippen molar-refractivity contribution >= 4 is 21.6 Å². The Kier molecular flexibility index (Phi) is 7.60. The first-order valence-corrected chi connectivity index (χ1v) is 8.47. The minimum atomic E-state index is 0.580. The Balaban J connectivity index is 2.67. The number of nitrogens with zero attached hydrogens (tertiary/aromatic N) is 1. The first-order valence-electron chi connectivity index (χ1n) is 7.67. The molecule has 3 heteroatoms. The molecule has 20 heavy (non-hydrogen) atoms. The van der Waals surface area contributed by atoms with E-state index in [-0.39, 0.29) is 0 Å². The summed E-state index contributed by atoms with van der Waals surface area (Å²) < 4.78 is 1.20. The van der Waals surface area contributed by atoms with Crippen molar-refractivity contribution in [2.45, 2.75) is 53.1 Å². The van der Waals surface area contributed by atoms with Crippen LogP contribution in [0.2, 0.25) is 0 Å². The number of anilines is 1. The van der Waals surface area contributed by atoms with Gasteiger partial charge < -0.3 is 10.2 Å². The Morgan fingerprint density at radius 2 is 1.95 bits per heavy atom. The topological polar surface area (TPSA) is 15.3 Å². The molecule has 0 amide bonds. The fourth-order valence-corrected chi connectivity index (χ4v) is 2.77. The number of halogens is 1.